The predicted octanol–water partition coefficient (Wildman–Crippen LogP) is 3.10. The zero-order chi connectivity index (χ0) is 18.8. The molecule has 26 heavy (non-hydrogen) atoms. The van der Waals surface area contributed by atoms with Crippen LogP contribution in [0.15, 0.2) is 18.2 Å². The van der Waals surface area contributed by atoms with E-state index in [-0.39, 0.29) is 24.2 Å². The maximum absolute atomic E-state index is 12.5. The highest BCUT2D eigenvalue weighted by molar-refractivity contribution is 5.83. The number of anilines is 1. The van der Waals surface area contributed by atoms with E-state index in [0.29, 0.717) is 11.9 Å². The molecule has 1 fully saturated rings. The summed E-state index contributed by atoms with van der Waals surface area (Å²) in [5.41, 5.74) is 3.01. The van der Waals surface area contributed by atoms with Crippen molar-refractivity contribution < 1.29 is 4.79 Å². The molecule has 1 aromatic carbocycles. The first-order valence-corrected chi connectivity index (χ1v) is 9.41. The zero-order valence-electron chi connectivity index (χ0n) is 16.3. The maximum Gasteiger partial charge on any atom is 0.227 e. The van der Waals surface area contributed by atoms with Crippen molar-refractivity contribution in [2.24, 2.45) is 11.8 Å². The third-order valence-electron chi connectivity index (χ3n) is 5.03. The monoisotopic (exact) mass is 355 g/mol. The Hall–Kier alpha value is -2.21. The smallest absolute Gasteiger partial charge is 0.227 e. The quantitative estimate of drug-likeness (QED) is 0.768. The molecule has 3 atom stereocenters. The highest BCUT2D eigenvalue weighted by Gasteiger charge is 2.33. The summed E-state index contributed by atoms with van der Waals surface area (Å²) in [6.07, 6.45) is 1.58. The van der Waals surface area contributed by atoms with Crippen molar-refractivity contribution in [3.8, 4) is 0 Å². The SMILES string of the molecule is Cc1ccc2nc(NC3NC(=O)C(CCC(C)C)C(C)N3)nc(C)c2c1. The van der Waals surface area contributed by atoms with Gasteiger partial charge in [0.25, 0.3) is 0 Å². The normalized spacial score (nSPS) is 23.3. The number of amides is 1. The van der Waals surface area contributed by atoms with Gasteiger partial charge in [0.05, 0.1) is 17.1 Å². The average Bonchev–Trinajstić information content (AvgIpc) is 2.54. The van der Waals surface area contributed by atoms with Gasteiger partial charge in [-0.1, -0.05) is 31.9 Å². The summed E-state index contributed by atoms with van der Waals surface area (Å²) in [4.78, 5) is 21.6. The van der Waals surface area contributed by atoms with E-state index < -0.39 is 0 Å². The zero-order valence-corrected chi connectivity index (χ0v) is 16.3. The molecular weight excluding hydrogens is 326 g/mol. The van der Waals surface area contributed by atoms with Crippen LogP contribution in [-0.4, -0.2) is 28.2 Å². The molecule has 1 amide bonds. The van der Waals surface area contributed by atoms with Crippen molar-refractivity contribution >= 4 is 22.8 Å². The van der Waals surface area contributed by atoms with E-state index in [9.17, 15) is 4.79 Å². The van der Waals surface area contributed by atoms with Crippen molar-refractivity contribution in [1.82, 2.24) is 20.6 Å². The van der Waals surface area contributed by atoms with E-state index in [1.54, 1.807) is 0 Å². The molecule has 1 aliphatic heterocycles. The molecule has 3 rings (SSSR count). The molecule has 3 N–H and O–H groups in total. The summed E-state index contributed by atoms with van der Waals surface area (Å²) < 4.78 is 0. The lowest BCUT2D eigenvalue weighted by Crippen LogP contribution is -2.63. The van der Waals surface area contributed by atoms with Crippen LogP contribution in [-0.2, 0) is 4.79 Å². The van der Waals surface area contributed by atoms with E-state index in [2.05, 4.69) is 59.7 Å². The number of nitrogens with one attached hydrogen (secondary N) is 3. The van der Waals surface area contributed by atoms with Crippen LogP contribution in [0.4, 0.5) is 5.95 Å². The fraction of sp³-hybridized carbons (Fsp3) is 0.550. The summed E-state index contributed by atoms with van der Waals surface area (Å²) in [5.74, 6) is 1.20. The van der Waals surface area contributed by atoms with Crippen LogP contribution in [0.1, 0.15) is 44.9 Å². The number of carbonyl (C=O) groups excluding carboxylic acids is 1. The minimum absolute atomic E-state index is 0.00215. The van der Waals surface area contributed by atoms with Gasteiger partial charge in [-0.3, -0.25) is 10.1 Å². The third kappa shape index (κ3) is 4.12. The number of benzene rings is 1. The molecule has 0 aliphatic carbocycles. The van der Waals surface area contributed by atoms with Crippen LogP contribution in [0.5, 0.6) is 0 Å². The Bertz CT molecular complexity index is 804. The number of nitrogens with zero attached hydrogens (tertiary/aromatic N) is 2. The first kappa shape index (κ1) is 18.6. The number of fused-ring (bicyclic) bond motifs is 1. The molecule has 1 aromatic heterocycles. The molecule has 140 valence electrons. The van der Waals surface area contributed by atoms with Crippen LogP contribution in [0.3, 0.4) is 0 Å². The lowest BCUT2D eigenvalue weighted by atomic mass is 9.90. The lowest BCUT2D eigenvalue weighted by molar-refractivity contribution is -0.129. The van der Waals surface area contributed by atoms with Crippen molar-refractivity contribution in [2.45, 2.75) is 59.8 Å². The average molecular weight is 355 g/mol. The second kappa shape index (κ2) is 7.58. The topological polar surface area (TPSA) is 78.9 Å². The van der Waals surface area contributed by atoms with E-state index in [4.69, 9.17) is 0 Å². The van der Waals surface area contributed by atoms with Crippen LogP contribution >= 0.6 is 0 Å². The first-order valence-electron chi connectivity index (χ1n) is 9.41. The summed E-state index contributed by atoms with van der Waals surface area (Å²) >= 11 is 0. The lowest BCUT2D eigenvalue weighted by Gasteiger charge is -2.36. The van der Waals surface area contributed by atoms with Crippen LogP contribution < -0.4 is 16.0 Å². The number of carbonyl (C=O) groups is 1. The second-order valence-corrected chi connectivity index (χ2v) is 7.77. The van der Waals surface area contributed by atoms with E-state index in [1.807, 2.05) is 19.1 Å². The fourth-order valence-corrected chi connectivity index (χ4v) is 3.46. The number of aryl methyl sites for hydroxylation is 2. The number of hydrogen-bond donors (Lipinski definition) is 3. The Morgan fingerprint density at radius 3 is 2.69 bits per heavy atom. The van der Waals surface area contributed by atoms with Crippen LogP contribution in [0.25, 0.3) is 10.9 Å². The number of rotatable bonds is 5. The Balaban J connectivity index is 1.71. The van der Waals surface area contributed by atoms with E-state index in [0.717, 1.165) is 29.4 Å². The summed E-state index contributed by atoms with van der Waals surface area (Å²) in [6, 6.07) is 6.24. The molecule has 3 unspecified atom stereocenters. The van der Waals surface area contributed by atoms with Crippen LogP contribution in [0, 0.1) is 25.7 Å². The molecule has 0 bridgehead atoms. The molecule has 6 heteroatoms. The van der Waals surface area contributed by atoms with Gasteiger partial charge in [0.1, 0.15) is 0 Å². The standard InChI is InChI=1S/C20H29N5O/c1-11(2)6-8-15-13(4)21-20(24-18(15)26)25-19-22-14(5)16-10-12(3)7-9-17(16)23-19/h7,9-11,13,15,20-21H,6,8H2,1-5H3,(H,24,26)(H,22,23,25). The van der Waals surface area contributed by atoms with Gasteiger partial charge >= 0.3 is 0 Å². The van der Waals surface area contributed by atoms with Crippen LogP contribution in [0.2, 0.25) is 0 Å². The van der Waals surface area contributed by atoms with Crippen molar-refractivity contribution in [3.05, 3.63) is 29.5 Å². The molecule has 2 aromatic rings. The van der Waals surface area contributed by atoms with Gasteiger partial charge in [0.15, 0.2) is 6.29 Å². The number of hydrogen-bond acceptors (Lipinski definition) is 5. The van der Waals surface area contributed by atoms with Gasteiger partial charge < -0.3 is 10.6 Å². The summed E-state index contributed by atoms with van der Waals surface area (Å²) in [7, 11) is 0. The van der Waals surface area contributed by atoms with E-state index in [1.165, 1.54) is 5.56 Å². The van der Waals surface area contributed by atoms with Crippen molar-refractivity contribution in [3.63, 3.8) is 0 Å². The third-order valence-corrected chi connectivity index (χ3v) is 5.03. The molecule has 0 spiro atoms. The Labute approximate surface area is 155 Å². The molecule has 6 nitrogen and oxygen atoms in total. The van der Waals surface area contributed by atoms with Gasteiger partial charge in [0.2, 0.25) is 11.9 Å². The Morgan fingerprint density at radius 1 is 1.23 bits per heavy atom. The molecule has 0 radical (unpaired) electrons. The minimum atomic E-state index is -0.366. The first-order chi connectivity index (χ1) is 12.3. The summed E-state index contributed by atoms with van der Waals surface area (Å²) in [6.45, 7) is 10.5. The van der Waals surface area contributed by atoms with Crippen molar-refractivity contribution in [1.29, 1.82) is 0 Å². The van der Waals surface area contributed by atoms with Gasteiger partial charge in [0, 0.05) is 11.4 Å². The maximum atomic E-state index is 12.5. The highest BCUT2D eigenvalue weighted by Crippen LogP contribution is 2.21. The highest BCUT2D eigenvalue weighted by atomic mass is 16.2. The van der Waals surface area contributed by atoms with Gasteiger partial charge in [-0.15, -0.1) is 0 Å². The largest absolute Gasteiger partial charge is 0.323 e. The molecule has 2 heterocycles. The van der Waals surface area contributed by atoms with Gasteiger partial charge in [-0.05, 0) is 45.2 Å². The molecular formula is C20H29N5O. The van der Waals surface area contributed by atoms with Gasteiger partial charge in [-0.25, -0.2) is 9.97 Å². The van der Waals surface area contributed by atoms with Crippen molar-refractivity contribution in [2.75, 3.05) is 5.32 Å². The Kier molecular flexibility index (Phi) is 5.41. The number of aromatic nitrogens is 2. The minimum Gasteiger partial charge on any atom is -0.323 e. The van der Waals surface area contributed by atoms with Gasteiger partial charge in [-0.2, -0.15) is 0 Å². The molecule has 1 saturated heterocycles. The fourth-order valence-electron chi connectivity index (χ4n) is 3.46. The van der Waals surface area contributed by atoms with E-state index >= 15 is 0 Å². The molecule has 1 aliphatic rings. The molecule has 0 saturated carbocycles. The predicted molar refractivity (Wildman–Crippen MR) is 105 cm³/mol. The second-order valence-electron chi connectivity index (χ2n) is 7.77. The summed E-state index contributed by atoms with van der Waals surface area (Å²) in [5, 5.41) is 10.7. The Morgan fingerprint density at radius 2 is 2.00 bits per heavy atom.